The first-order chi connectivity index (χ1) is 21.0. The van der Waals surface area contributed by atoms with Crippen LogP contribution in [0.4, 0.5) is 23.3 Å². The van der Waals surface area contributed by atoms with Crippen LogP contribution in [0.2, 0.25) is 0 Å². The Balaban J connectivity index is 1.12. The molecule has 1 amide bonds. The van der Waals surface area contributed by atoms with Crippen LogP contribution in [-0.4, -0.2) is 32.4 Å². The molecular formula is C34H37N7OS. The van der Waals surface area contributed by atoms with E-state index in [1.807, 2.05) is 48.5 Å². The molecule has 0 saturated heterocycles. The maximum absolute atomic E-state index is 12.7. The van der Waals surface area contributed by atoms with Crippen LogP contribution in [0.5, 0.6) is 0 Å². The molecular weight excluding hydrogens is 554 g/mol. The lowest BCUT2D eigenvalue weighted by Gasteiger charge is -2.21. The van der Waals surface area contributed by atoms with Crippen molar-refractivity contribution in [2.75, 3.05) is 17.2 Å². The lowest BCUT2D eigenvalue weighted by Crippen LogP contribution is -2.30. The average molecular weight is 592 g/mol. The molecule has 9 heteroatoms. The number of amides is 1. The molecule has 1 aliphatic carbocycles. The summed E-state index contributed by atoms with van der Waals surface area (Å²) < 4.78 is 1.20. The van der Waals surface area contributed by atoms with E-state index < -0.39 is 0 Å². The summed E-state index contributed by atoms with van der Waals surface area (Å²) in [5, 5.41) is 10.9. The van der Waals surface area contributed by atoms with Gasteiger partial charge in [-0.05, 0) is 72.9 Å². The quantitative estimate of drug-likeness (QED) is 0.151. The van der Waals surface area contributed by atoms with Gasteiger partial charge in [0.25, 0.3) is 5.91 Å². The van der Waals surface area contributed by atoms with Crippen molar-refractivity contribution in [3.8, 4) is 0 Å². The van der Waals surface area contributed by atoms with Gasteiger partial charge in [-0.2, -0.15) is 15.0 Å². The highest BCUT2D eigenvalue weighted by Crippen LogP contribution is 2.26. The van der Waals surface area contributed by atoms with E-state index in [4.69, 9.17) is 4.98 Å². The summed E-state index contributed by atoms with van der Waals surface area (Å²) in [4.78, 5) is 31.4. The molecule has 3 aromatic carbocycles. The van der Waals surface area contributed by atoms with E-state index >= 15 is 0 Å². The zero-order valence-corrected chi connectivity index (χ0v) is 25.5. The Morgan fingerprint density at radius 3 is 2.33 bits per heavy atom. The second-order valence-corrected chi connectivity index (χ2v) is 12.6. The second kappa shape index (κ2) is 13.3. The van der Waals surface area contributed by atoms with Crippen LogP contribution in [0.15, 0.2) is 72.8 Å². The number of rotatable bonds is 10. The Kier molecular flexibility index (Phi) is 8.88. The van der Waals surface area contributed by atoms with Crippen molar-refractivity contribution >= 4 is 50.7 Å². The first-order valence-corrected chi connectivity index (χ1v) is 15.9. The van der Waals surface area contributed by atoms with Gasteiger partial charge in [0.05, 0.1) is 15.2 Å². The number of nitrogens with zero attached hydrogens (tertiary/aromatic N) is 4. The molecule has 220 valence electrons. The molecule has 43 heavy (non-hydrogen) atoms. The Morgan fingerprint density at radius 1 is 0.837 bits per heavy atom. The summed E-state index contributed by atoms with van der Waals surface area (Å²) in [6, 6.07) is 23.9. The van der Waals surface area contributed by atoms with E-state index in [0.717, 1.165) is 40.4 Å². The smallest absolute Gasteiger partial charge is 0.251 e. The number of carbonyl (C=O) groups is 1. The van der Waals surface area contributed by atoms with Gasteiger partial charge in [-0.25, -0.2) is 4.98 Å². The number of nitrogens with one attached hydrogen (secondary N) is 3. The average Bonchev–Trinajstić information content (AvgIpc) is 3.43. The molecule has 5 aromatic rings. The fourth-order valence-corrected chi connectivity index (χ4v) is 6.39. The van der Waals surface area contributed by atoms with Crippen molar-refractivity contribution in [2.45, 2.75) is 58.3 Å². The molecule has 0 bridgehead atoms. The Labute approximate surface area is 256 Å². The van der Waals surface area contributed by atoms with Crippen molar-refractivity contribution in [1.29, 1.82) is 0 Å². The maximum Gasteiger partial charge on any atom is 0.251 e. The van der Waals surface area contributed by atoms with Crippen molar-refractivity contribution < 1.29 is 4.79 Å². The molecule has 0 unspecified atom stereocenters. The molecule has 0 radical (unpaired) electrons. The summed E-state index contributed by atoms with van der Waals surface area (Å²) >= 11 is 1.73. The normalized spacial score (nSPS) is 13.7. The summed E-state index contributed by atoms with van der Waals surface area (Å²) in [6.45, 7) is 4.87. The van der Waals surface area contributed by atoms with E-state index in [0.29, 0.717) is 29.2 Å². The third-order valence-electron chi connectivity index (χ3n) is 7.73. The van der Waals surface area contributed by atoms with Crippen LogP contribution in [0.1, 0.15) is 78.6 Å². The SMILES string of the molecule is CC(C)c1nc(Nc2ccc(C(=O)NCC3CCCCC3)cc2)nc(Nc2cccc(Cc3nc4ccccc4s3)c2)n1. The zero-order valence-electron chi connectivity index (χ0n) is 24.6. The summed E-state index contributed by atoms with van der Waals surface area (Å²) in [7, 11) is 0. The molecule has 3 N–H and O–H groups in total. The number of aromatic nitrogens is 4. The first-order valence-electron chi connectivity index (χ1n) is 15.1. The minimum Gasteiger partial charge on any atom is -0.352 e. The van der Waals surface area contributed by atoms with Crippen LogP contribution in [0.25, 0.3) is 10.2 Å². The van der Waals surface area contributed by atoms with Gasteiger partial charge in [0.1, 0.15) is 5.82 Å². The molecule has 6 rings (SSSR count). The highest BCUT2D eigenvalue weighted by atomic mass is 32.1. The molecule has 1 saturated carbocycles. The van der Waals surface area contributed by atoms with Gasteiger partial charge in [0.2, 0.25) is 11.9 Å². The maximum atomic E-state index is 12.7. The number of thiazole rings is 1. The van der Waals surface area contributed by atoms with Crippen molar-refractivity contribution in [1.82, 2.24) is 25.3 Å². The van der Waals surface area contributed by atoms with Crippen LogP contribution in [-0.2, 0) is 6.42 Å². The molecule has 1 aliphatic rings. The minimum atomic E-state index is -0.0313. The van der Waals surface area contributed by atoms with Gasteiger partial charge < -0.3 is 16.0 Å². The summed E-state index contributed by atoms with van der Waals surface area (Å²) in [6.07, 6.45) is 7.02. The number of anilines is 4. The lowest BCUT2D eigenvalue weighted by molar-refractivity contribution is 0.0943. The number of hydrogen-bond acceptors (Lipinski definition) is 8. The molecule has 0 aliphatic heterocycles. The van der Waals surface area contributed by atoms with Crippen LogP contribution in [0.3, 0.4) is 0 Å². The van der Waals surface area contributed by atoms with Crippen molar-refractivity contribution in [3.63, 3.8) is 0 Å². The topological polar surface area (TPSA) is 105 Å². The summed E-state index contributed by atoms with van der Waals surface area (Å²) in [5.74, 6) is 2.28. The third kappa shape index (κ3) is 7.53. The zero-order chi connectivity index (χ0) is 29.6. The van der Waals surface area contributed by atoms with Gasteiger partial charge >= 0.3 is 0 Å². The van der Waals surface area contributed by atoms with Crippen molar-refractivity contribution in [3.05, 3.63) is 94.8 Å². The van der Waals surface area contributed by atoms with Gasteiger partial charge in [-0.1, -0.05) is 57.4 Å². The predicted molar refractivity (Wildman–Crippen MR) is 175 cm³/mol. The molecule has 0 atom stereocenters. The number of carbonyl (C=O) groups excluding carboxylic acids is 1. The van der Waals surface area contributed by atoms with Crippen LogP contribution in [0, 0.1) is 5.92 Å². The fraction of sp³-hybridized carbons (Fsp3) is 0.324. The van der Waals surface area contributed by atoms with E-state index in [1.165, 1.54) is 36.8 Å². The number of benzene rings is 3. The third-order valence-corrected chi connectivity index (χ3v) is 8.76. The van der Waals surface area contributed by atoms with Gasteiger partial charge in [0, 0.05) is 35.8 Å². The predicted octanol–water partition coefficient (Wildman–Crippen LogP) is 7.99. The first kappa shape index (κ1) is 28.7. The highest BCUT2D eigenvalue weighted by molar-refractivity contribution is 7.18. The largest absolute Gasteiger partial charge is 0.352 e. The van der Waals surface area contributed by atoms with Crippen LogP contribution >= 0.6 is 11.3 Å². The van der Waals surface area contributed by atoms with Gasteiger partial charge in [0.15, 0.2) is 0 Å². The van der Waals surface area contributed by atoms with E-state index in [1.54, 1.807) is 11.3 Å². The van der Waals surface area contributed by atoms with Crippen molar-refractivity contribution in [2.24, 2.45) is 5.92 Å². The molecule has 0 spiro atoms. The highest BCUT2D eigenvalue weighted by Gasteiger charge is 2.16. The number of para-hydroxylation sites is 1. The Hall–Kier alpha value is -4.37. The number of fused-ring (bicyclic) bond motifs is 1. The standard InChI is InChI=1S/C34H37N7OS/c1-22(2)31-39-33(36-26-17-15-25(16-18-26)32(42)35-21-23-9-4-3-5-10-23)41-34(40-31)37-27-12-8-11-24(19-27)20-30-38-28-13-6-7-14-29(28)43-30/h6-8,11-19,22-23H,3-5,9-10,20-21H2,1-2H3,(H,35,42)(H2,36,37,39,40,41). The van der Waals surface area contributed by atoms with E-state index in [-0.39, 0.29) is 11.8 Å². The van der Waals surface area contributed by atoms with Gasteiger partial charge in [-0.3, -0.25) is 4.79 Å². The monoisotopic (exact) mass is 591 g/mol. The second-order valence-electron chi connectivity index (χ2n) is 11.5. The molecule has 8 nitrogen and oxygen atoms in total. The van der Waals surface area contributed by atoms with Crippen LogP contribution < -0.4 is 16.0 Å². The fourth-order valence-electron chi connectivity index (χ4n) is 5.39. The molecule has 2 heterocycles. The minimum absolute atomic E-state index is 0.0313. The molecule has 1 fully saturated rings. The Morgan fingerprint density at radius 2 is 1.58 bits per heavy atom. The Bertz CT molecular complexity index is 1660. The number of hydrogen-bond donors (Lipinski definition) is 3. The lowest BCUT2D eigenvalue weighted by atomic mass is 9.89. The van der Waals surface area contributed by atoms with Gasteiger partial charge in [-0.15, -0.1) is 11.3 Å². The summed E-state index contributed by atoms with van der Waals surface area (Å²) in [5.41, 5.74) is 4.54. The van der Waals surface area contributed by atoms with E-state index in [2.05, 4.69) is 69.0 Å². The van der Waals surface area contributed by atoms with E-state index in [9.17, 15) is 4.79 Å². The molecule has 2 aromatic heterocycles.